The smallest absolute Gasteiger partial charge is 0.189 e. The largest absolute Gasteiger partial charge is 0.409 e. The second-order valence-corrected chi connectivity index (χ2v) is 4.27. The van der Waals surface area contributed by atoms with Crippen LogP contribution < -0.4 is 11.1 Å². The Labute approximate surface area is 107 Å². The molecule has 1 rings (SSSR count). The van der Waals surface area contributed by atoms with Crippen molar-refractivity contribution in [1.82, 2.24) is 10.3 Å². The number of aromatic nitrogens is 1. The molecule has 0 bridgehead atoms. The summed E-state index contributed by atoms with van der Waals surface area (Å²) < 4.78 is 0. The summed E-state index contributed by atoms with van der Waals surface area (Å²) in [6, 6.07) is 3.64. The molecule has 1 unspecified atom stereocenters. The van der Waals surface area contributed by atoms with Gasteiger partial charge in [-0.2, -0.15) is 0 Å². The SMILES string of the molecule is C#CC(NCc1cccnc1/C(N)=N/O)C(C)C. The van der Waals surface area contributed by atoms with E-state index in [1.807, 2.05) is 19.9 Å². The molecule has 1 aromatic heterocycles. The molecule has 0 spiro atoms. The number of nitrogens with two attached hydrogens (primary N) is 1. The summed E-state index contributed by atoms with van der Waals surface area (Å²) in [5.41, 5.74) is 6.87. The van der Waals surface area contributed by atoms with Gasteiger partial charge in [0.15, 0.2) is 5.84 Å². The van der Waals surface area contributed by atoms with Crippen LogP contribution in [0.2, 0.25) is 0 Å². The zero-order valence-corrected chi connectivity index (χ0v) is 10.6. The van der Waals surface area contributed by atoms with Crippen LogP contribution in [-0.4, -0.2) is 22.1 Å². The first kappa shape index (κ1) is 14.0. The van der Waals surface area contributed by atoms with Crippen molar-refractivity contribution in [2.24, 2.45) is 16.8 Å². The lowest BCUT2D eigenvalue weighted by molar-refractivity contribution is 0.318. The molecule has 1 heterocycles. The highest BCUT2D eigenvalue weighted by molar-refractivity contribution is 5.96. The van der Waals surface area contributed by atoms with E-state index in [2.05, 4.69) is 21.4 Å². The van der Waals surface area contributed by atoms with E-state index in [0.717, 1.165) is 5.56 Å². The van der Waals surface area contributed by atoms with Crippen LogP contribution in [0.5, 0.6) is 0 Å². The van der Waals surface area contributed by atoms with E-state index >= 15 is 0 Å². The molecule has 0 aromatic carbocycles. The summed E-state index contributed by atoms with van der Waals surface area (Å²) in [5.74, 6) is 3.02. The second kappa shape index (κ2) is 6.62. The molecule has 96 valence electrons. The van der Waals surface area contributed by atoms with Crippen molar-refractivity contribution in [2.45, 2.75) is 26.4 Å². The summed E-state index contributed by atoms with van der Waals surface area (Å²) in [5, 5.41) is 14.9. The summed E-state index contributed by atoms with van der Waals surface area (Å²) in [6.07, 6.45) is 7.04. The number of rotatable bonds is 5. The molecule has 1 atom stereocenters. The van der Waals surface area contributed by atoms with Crippen molar-refractivity contribution in [1.29, 1.82) is 0 Å². The molecule has 0 amide bonds. The quantitative estimate of drug-likeness (QED) is 0.237. The molecule has 0 aliphatic carbocycles. The minimum absolute atomic E-state index is 0.00537. The standard InChI is InChI=1S/C13H18N4O/c1-4-11(9(2)3)16-8-10-6-5-7-15-12(10)13(14)17-18/h1,5-7,9,11,16,18H,8H2,2-3H3,(H2,14,17). The van der Waals surface area contributed by atoms with Gasteiger partial charge in [-0.15, -0.1) is 6.42 Å². The van der Waals surface area contributed by atoms with Crippen molar-refractivity contribution in [3.63, 3.8) is 0 Å². The lowest BCUT2D eigenvalue weighted by Gasteiger charge is -2.17. The van der Waals surface area contributed by atoms with Crippen molar-refractivity contribution < 1.29 is 5.21 Å². The van der Waals surface area contributed by atoms with Gasteiger partial charge in [0.2, 0.25) is 0 Å². The molecule has 0 saturated carbocycles. The average Bonchev–Trinajstić information content (AvgIpc) is 2.38. The third-order valence-electron chi connectivity index (χ3n) is 2.60. The summed E-state index contributed by atoms with van der Waals surface area (Å²) in [7, 11) is 0. The van der Waals surface area contributed by atoms with Crippen LogP contribution in [0.3, 0.4) is 0 Å². The van der Waals surface area contributed by atoms with E-state index in [9.17, 15) is 0 Å². The maximum atomic E-state index is 8.69. The molecular formula is C13H18N4O. The second-order valence-electron chi connectivity index (χ2n) is 4.27. The van der Waals surface area contributed by atoms with E-state index in [0.29, 0.717) is 18.2 Å². The molecule has 0 saturated heterocycles. The Morgan fingerprint density at radius 1 is 1.67 bits per heavy atom. The van der Waals surface area contributed by atoms with Gasteiger partial charge in [0.1, 0.15) is 5.69 Å². The number of pyridine rings is 1. The Bertz CT molecular complexity index is 462. The first-order chi connectivity index (χ1) is 8.60. The van der Waals surface area contributed by atoms with Crippen molar-refractivity contribution in [3.05, 3.63) is 29.6 Å². The van der Waals surface area contributed by atoms with Gasteiger partial charge >= 0.3 is 0 Å². The van der Waals surface area contributed by atoms with Crippen LogP contribution in [0.15, 0.2) is 23.5 Å². The molecule has 0 radical (unpaired) electrons. The van der Waals surface area contributed by atoms with E-state index in [1.165, 1.54) is 0 Å². The summed E-state index contributed by atoms with van der Waals surface area (Å²) in [6.45, 7) is 4.61. The van der Waals surface area contributed by atoms with Crippen molar-refractivity contribution in [3.8, 4) is 12.3 Å². The monoisotopic (exact) mass is 246 g/mol. The van der Waals surface area contributed by atoms with Crippen LogP contribution in [0.1, 0.15) is 25.1 Å². The first-order valence-electron chi connectivity index (χ1n) is 5.71. The molecule has 5 heteroatoms. The van der Waals surface area contributed by atoms with Crippen LogP contribution in [-0.2, 0) is 6.54 Å². The normalized spacial score (nSPS) is 13.3. The zero-order valence-electron chi connectivity index (χ0n) is 10.6. The van der Waals surface area contributed by atoms with Crippen LogP contribution in [0.4, 0.5) is 0 Å². The van der Waals surface area contributed by atoms with E-state index in [4.69, 9.17) is 17.4 Å². The molecule has 0 aliphatic rings. The Hall–Kier alpha value is -2.06. The van der Waals surface area contributed by atoms with Crippen molar-refractivity contribution >= 4 is 5.84 Å². The minimum Gasteiger partial charge on any atom is -0.409 e. The number of hydrogen-bond donors (Lipinski definition) is 3. The van der Waals surface area contributed by atoms with Crippen molar-refractivity contribution in [2.75, 3.05) is 0 Å². The van der Waals surface area contributed by atoms with Gasteiger partial charge in [-0.3, -0.25) is 10.3 Å². The van der Waals surface area contributed by atoms with E-state index in [1.54, 1.807) is 12.3 Å². The molecule has 0 aliphatic heterocycles. The lowest BCUT2D eigenvalue weighted by Crippen LogP contribution is -2.32. The Morgan fingerprint density at radius 3 is 2.94 bits per heavy atom. The number of nitrogens with zero attached hydrogens (tertiary/aromatic N) is 2. The molecule has 4 N–H and O–H groups in total. The Balaban J connectivity index is 2.83. The fraction of sp³-hybridized carbons (Fsp3) is 0.385. The Morgan fingerprint density at radius 2 is 2.39 bits per heavy atom. The average molecular weight is 246 g/mol. The molecule has 0 fully saturated rings. The predicted octanol–water partition coefficient (Wildman–Crippen LogP) is 0.923. The van der Waals surface area contributed by atoms with Gasteiger partial charge < -0.3 is 10.9 Å². The van der Waals surface area contributed by atoms with Crippen LogP contribution in [0, 0.1) is 18.3 Å². The maximum Gasteiger partial charge on any atom is 0.189 e. The number of nitrogens with one attached hydrogen (secondary N) is 1. The highest BCUT2D eigenvalue weighted by Gasteiger charge is 2.12. The number of amidine groups is 1. The number of terminal acetylenes is 1. The third-order valence-corrected chi connectivity index (χ3v) is 2.60. The Kier molecular flexibility index (Phi) is 5.15. The molecule has 18 heavy (non-hydrogen) atoms. The highest BCUT2D eigenvalue weighted by atomic mass is 16.4. The van der Waals surface area contributed by atoms with Gasteiger partial charge in [0, 0.05) is 12.7 Å². The summed E-state index contributed by atoms with van der Waals surface area (Å²) >= 11 is 0. The first-order valence-corrected chi connectivity index (χ1v) is 5.71. The molecular weight excluding hydrogens is 228 g/mol. The van der Waals surface area contributed by atoms with E-state index in [-0.39, 0.29) is 11.9 Å². The van der Waals surface area contributed by atoms with Gasteiger partial charge in [-0.25, -0.2) is 0 Å². The fourth-order valence-corrected chi connectivity index (χ4v) is 1.57. The van der Waals surface area contributed by atoms with Crippen LogP contribution in [0.25, 0.3) is 0 Å². The fourth-order valence-electron chi connectivity index (χ4n) is 1.57. The maximum absolute atomic E-state index is 8.69. The van der Waals surface area contributed by atoms with E-state index < -0.39 is 0 Å². The molecule has 1 aromatic rings. The molecule has 5 nitrogen and oxygen atoms in total. The van der Waals surface area contributed by atoms with Gasteiger partial charge in [-0.1, -0.05) is 31.0 Å². The highest BCUT2D eigenvalue weighted by Crippen LogP contribution is 2.07. The summed E-state index contributed by atoms with van der Waals surface area (Å²) in [4.78, 5) is 4.09. The predicted molar refractivity (Wildman–Crippen MR) is 71.0 cm³/mol. The van der Waals surface area contributed by atoms with Gasteiger partial charge in [0.25, 0.3) is 0 Å². The number of hydrogen-bond acceptors (Lipinski definition) is 4. The lowest BCUT2D eigenvalue weighted by atomic mass is 10.0. The number of oxime groups is 1. The topological polar surface area (TPSA) is 83.5 Å². The minimum atomic E-state index is -0.0228. The van der Waals surface area contributed by atoms with Crippen LogP contribution >= 0.6 is 0 Å². The van der Waals surface area contributed by atoms with Gasteiger partial charge in [-0.05, 0) is 17.5 Å². The zero-order chi connectivity index (χ0) is 13.5. The third kappa shape index (κ3) is 3.47. The van der Waals surface area contributed by atoms with Gasteiger partial charge in [0.05, 0.1) is 6.04 Å².